The molecule has 224 valence electrons. The van der Waals surface area contributed by atoms with Crippen LogP contribution in [0.15, 0.2) is 42.5 Å². The lowest BCUT2D eigenvalue weighted by molar-refractivity contribution is -0.143. The molecule has 0 radical (unpaired) electrons. The van der Waals surface area contributed by atoms with E-state index in [-0.39, 0.29) is 42.3 Å². The number of hydrogen-bond acceptors (Lipinski definition) is 3. The minimum atomic E-state index is -5.01. The number of nitrogens with one attached hydrogen (secondary N) is 1. The lowest BCUT2D eigenvalue weighted by Crippen LogP contribution is -2.55. The number of halogens is 7. The van der Waals surface area contributed by atoms with Crippen LogP contribution in [0.5, 0.6) is 0 Å². The second kappa shape index (κ2) is 10.9. The lowest BCUT2D eigenvalue weighted by Gasteiger charge is -2.43. The molecule has 0 spiro atoms. The highest BCUT2D eigenvalue weighted by Crippen LogP contribution is 2.46. The van der Waals surface area contributed by atoms with Gasteiger partial charge in [-0.15, -0.1) is 0 Å². The molecular weight excluding hydrogens is 557 g/mol. The van der Waals surface area contributed by atoms with E-state index in [1.165, 1.54) is 38.1 Å². The molecule has 2 heterocycles. The van der Waals surface area contributed by atoms with Gasteiger partial charge in [-0.25, -0.2) is 4.39 Å². The Kier molecular flexibility index (Phi) is 8.20. The van der Waals surface area contributed by atoms with Crippen LogP contribution in [0.2, 0.25) is 0 Å². The summed E-state index contributed by atoms with van der Waals surface area (Å²) >= 11 is 0. The first-order valence-corrected chi connectivity index (χ1v) is 13.2. The van der Waals surface area contributed by atoms with Gasteiger partial charge in [-0.3, -0.25) is 9.59 Å². The highest BCUT2D eigenvalue weighted by Gasteiger charge is 2.51. The number of amides is 2. The Hall–Kier alpha value is -3.15. The Morgan fingerprint density at radius 3 is 2.07 bits per heavy atom. The zero-order valence-corrected chi connectivity index (χ0v) is 22.9. The molecule has 2 aromatic carbocycles. The first kappa shape index (κ1) is 30.8. The summed E-state index contributed by atoms with van der Waals surface area (Å²) in [6.07, 6.45) is -11.5. The van der Waals surface area contributed by atoms with E-state index >= 15 is 0 Å². The molecule has 12 heteroatoms. The molecule has 2 unspecified atom stereocenters. The third-order valence-electron chi connectivity index (χ3n) is 8.09. The van der Waals surface area contributed by atoms with Gasteiger partial charge in [-0.1, -0.05) is 12.1 Å². The second-order valence-corrected chi connectivity index (χ2v) is 11.4. The maximum Gasteiger partial charge on any atom is 0.416 e. The van der Waals surface area contributed by atoms with E-state index in [1.807, 2.05) is 13.8 Å². The Morgan fingerprint density at radius 2 is 1.56 bits per heavy atom. The summed E-state index contributed by atoms with van der Waals surface area (Å²) in [5.74, 6) is -1.79. The maximum absolute atomic E-state index is 13.8. The van der Waals surface area contributed by atoms with Gasteiger partial charge >= 0.3 is 12.4 Å². The van der Waals surface area contributed by atoms with Crippen LogP contribution < -0.4 is 5.32 Å². The molecule has 41 heavy (non-hydrogen) atoms. The van der Waals surface area contributed by atoms with Gasteiger partial charge in [0.1, 0.15) is 5.82 Å². The van der Waals surface area contributed by atoms with Gasteiger partial charge in [0.05, 0.1) is 23.3 Å². The zero-order chi connectivity index (χ0) is 30.5. The smallest absolute Gasteiger partial charge is 0.368 e. The van der Waals surface area contributed by atoms with Gasteiger partial charge in [0, 0.05) is 37.4 Å². The molecule has 2 aliphatic rings. The predicted molar refractivity (Wildman–Crippen MR) is 135 cm³/mol. The molecule has 2 amide bonds. The van der Waals surface area contributed by atoms with E-state index in [1.54, 1.807) is 4.90 Å². The molecule has 0 bridgehead atoms. The first-order chi connectivity index (χ1) is 18.9. The van der Waals surface area contributed by atoms with E-state index in [0.29, 0.717) is 24.1 Å². The maximum atomic E-state index is 13.8. The van der Waals surface area contributed by atoms with Crippen molar-refractivity contribution in [1.82, 2.24) is 10.2 Å². The van der Waals surface area contributed by atoms with Crippen LogP contribution in [-0.4, -0.2) is 40.9 Å². The number of carbonyl (C=O) groups is 2. The molecule has 0 aromatic heterocycles. The predicted octanol–water partition coefficient (Wildman–Crippen LogP) is 6.63. The summed E-state index contributed by atoms with van der Waals surface area (Å²) in [5, 5.41) is 2.88. The number of piperidine rings is 1. The Bertz CT molecular complexity index is 1260. The molecule has 0 aliphatic carbocycles. The normalized spacial score (nSPS) is 24.3. The van der Waals surface area contributed by atoms with Gasteiger partial charge < -0.3 is 15.0 Å². The third kappa shape index (κ3) is 6.68. The number of ether oxygens (including phenoxy) is 1. The summed E-state index contributed by atoms with van der Waals surface area (Å²) in [6, 6.07) is 6.41. The molecule has 2 fully saturated rings. The number of nitrogens with zero attached hydrogens (tertiary/aromatic N) is 1. The van der Waals surface area contributed by atoms with Crippen molar-refractivity contribution >= 4 is 11.8 Å². The van der Waals surface area contributed by atoms with Crippen molar-refractivity contribution in [3.05, 3.63) is 70.5 Å². The average Bonchev–Trinajstić information content (AvgIpc) is 3.21. The number of carbonyl (C=O) groups excluding carboxylic acids is 2. The summed E-state index contributed by atoms with van der Waals surface area (Å²) in [4.78, 5) is 26.7. The van der Waals surface area contributed by atoms with Gasteiger partial charge in [0.25, 0.3) is 0 Å². The third-order valence-corrected chi connectivity index (χ3v) is 8.09. The summed E-state index contributed by atoms with van der Waals surface area (Å²) in [6.45, 7) is 6.41. The van der Waals surface area contributed by atoms with Crippen LogP contribution in [0, 0.1) is 11.7 Å². The molecule has 1 N–H and O–H groups in total. The molecule has 2 aliphatic heterocycles. The van der Waals surface area contributed by atoms with E-state index in [2.05, 4.69) is 5.32 Å². The fourth-order valence-corrected chi connectivity index (χ4v) is 6.06. The molecular formula is C29H31F7N2O3. The quantitative estimate of drug-likeness (QED) is 0.386. The number of rotatable bonds is 6. The van der Waals surface area contributed by atoms with Crippen LogP contribution in [0.1, 0.15) is 74.8 Å². The number of fused-ring (bicyclic) bond motifs is 1. The van der Waals surface area contributed by atoms with Crippen molar-refractivity contribution in [2.24, 2.45) is 5.92 Å². The summed E-state index contributed by atoms with van der Waals surface area (Å²) < 4.78 is 101. The van der Waals surface area contributed by atoms with Crippen LogP contribution in [0.3, 0.4) is 0 Å². The van der Waals surface area contributed by atoms with E-state index in [9.17, 15) is 40.3 Å². The number of benzene rings is 2. The van der Waals surface area contributed by atoms with Crippen molar-refractivity contribution in [1.29, 1.82) is 0 Å². The zero-order valence-electron chi connectivity index (χ0n) is 22.9. The minimum absolute atomic E-state index is 0.0499. The van der Waals surface area contributed by atoms with Gasteiger partial charge in [0.2, 0.25) is 11.8 Å². The van der Waals surface area contributed by atoms with E-state index in [4.69, 9.17) is 4.74 Å². The highest BCUT2D eigenvalue weighted by molar-refractivity contribution is 5.79. The van der Waals surface area contributed by atoms with Crippen molar-refractivity contribution in [2.75, 3.05) is 6.54 Å². The Labute approximate surface area is 233 Å². The minimum Gasteiger partial charge on any atom is -0.368 e. The van der Waals surface area contributed by atoms with Crippen molar-refractivity contribution < 1.29 is 45.1 Å². The largest absolute Gasteiger partial charge is 0.416 e. The highest BCUT2D eigenvalue weighted by atomic mass is 19.4. The molecule has 2 saturated heterocycles. The van der Waals surface area contributed by atoms with Gasteiger partial charge in [-0.2, -0.15) is 26.3 Å². The Morgan fingerprint density at radius 1 is 1.00 bits per heavy atom. The monoisotopic (exact) mass is 588 g/mol. The lowest BCUT2D eigenvalue weighted by atomic mass is 9.74. The van der Waals surface area contributed by atoms with E-state index in [0.717, 1.165) is 0 Å². The van der Waals surface area contributed by atoms with Crippen LogP contribution in [0.25, 0.3) is 0 Å². The fourth-order valence-electron chi connectivity index (χ4n) is 6.06. The Balaban J connectivity index is 1.70. The standard InChI is InChI=1S/C29H31F7N2O3/c1-15(18-9-20(28(31,32)33)11-21(10-18)29(34,35)36)41-24-14-38-23(26(24)17-5-7-22(30)8-6-17)12-19(13-25(38)40)27(3,4)37-16(2)39/h5-11,15,19,23-24,26H,12-14H2,1-4H3,(H,37,39)/t15-,19?,23?,24+,26+/m1/s1. The topological polar surface area (TPSA) is 58.6 Å². The molecule has 0 saturated carbocycles. The molecule has 4 rings (SSSR count). The van der Waals surface area contributed by atoms with Crippen LogP contribution in [-0.2, 0) is 26.7 Å². The summed E-state index contributed by atoms with van der Waals surface area (Å²) in [7, 11) is 0. The SMILES string of the molecule is CC(=O)NC(C)(C)C1CC(=O)N2C[C@H](O[C@H](C)c3cc(C(F)(F)F)cc(C(F)(F)F)c3)[C@@H](c3ccc(F)cc3)C2C1. The van der Waals surface area contributed by atoms with Crippen molar-refractivity contribution in [2.45, 2.75) is 82.6 Å². The fraction of sp³-hybridized carbons (Fsp3) is 0.517. The molecule has 5 atom stereocenters. The van der Waals surface area contributed by atoms with Crippen molar-refractivity contribution in [3.8, 4) is 0 Å². The van der Waals surface area contributed by atoms with Gasteiger partial charge in [-0.05, 0) is 74.6 Å². The van der Waals surface area contributed by atoms with Crippen LogP contribution in [0.4, 0.5) is 30.7 Å². The van der Waals surface area contributed by atoms with E-state index < -0.39 is 59.0 Å². The second-order valence-electron chi connectivity index (χ2n) is 11.4. The van der Waals surface area contributed by atoms with Crippen molar-refractivity contribution in [3.63, 3.8) is 0 Å². The van der Waals surface area contributed by atoms with Crippen LogP contribution >= 0.6 is 0 Å². The molecule has 2 aromatic rings. The summed E-state index contributed by atoms with van der Waals surface area (Å²) in [5.41, 5.74) is -3.34. The van der Waals surface area contributed by atoms with Gasteiger partial charge in [0.15, 0.2) is 0 Å². The molecule has 5 nitrogen and oxygen atoms in total. The average molecular weight is 589 g/mol. The number of alkyl halides is 6. The number of hydrogen-bond donors (Lipinski definition) is 1. The first-order valence-electron chi connectivity index (χ1n) is 13.2.